The standard InChI is InChI=1S/C27H34N8O3/c1-27(9-12-33(13-10-27)26(37)38)19-5-7-20(8-6-19)30-24-22(16-28)29-17-23(31-24)34-11-3-4-21(18-34)35-15-14-32(2)25(35)36/h5-8,17,21H,3-4,9-15,18H2,1-2H3,(H,30,31)(H,37,38)/t21-/m1/s1. The van der Waals surface area contributed by atoms with Crippen LogP contribution in [-0.4, -0.2) is 94.3 Å². The minimum absolute atomic E-state index is 0.0786. The maximum absolute atomic E-state index is 12.5. The lowest BCUT2D eigenvalue weighted by Crippen LogP contribution is -2.49. The van der Waals surface area contributed by atoms with Gasteiger partial charge in [-0.1, -0.05) is 19.1 Å². The van der Waals surface area contributed by atoms with Gasteiger partial charge in [0.2, 0.25) is 0 Å². The van der Waals surface area contributed by atoms with Crippen LogP contribution in [0.1, 0.15) is 43.9 Å². The van der Waals surface area contributed by atoms with Crippen LogP contribution >= 0.6 is 0 Å². The molecule has 1 atom stereocenters. The van der Waals surface area contributed by atoms with E-state index in [1.807, 2.05) is 24.1 Å². The van der Waals surface area contributed by atoms with Crippen LogP contribution < -0.4 is 10.2 Å². The maximum atomic E-state index is 12.5. The first-order valence-electron chi connectivity index (χ1n) is 13.2. The number of aromatic nitrogens is 2. The molecular weight excluding hydrogens is 484 g/mol. The number of likely N-dealkylation sites (N-methyl/N-ethyl adjacent to an activating group) is 1. The highest BCUT2D eigenvalue weighted by Gasteiger charge is 2.35. The molecule has 1 aromatic heterocycles. The lowest BCUT2D eigenvalue weighted by molar-refractivity contribution is 0.119. The molecule has 3 amide bonds. The zero-order valence-corrected chi connectivity index (χ0v) is 21.9. The van der Waals surface area contributed by atoms with Gasteiger partial charge < -0.3 is 30.0 Å². The number of urea groups is 1. The first kappa shape index (κ1) is 25.6. The molecular formula is C27H34N8O3. The number of nitrogens with zero attached hydrogens (tertiary/aromatic N) is 7. The number of nitriles is 1. The average Bonchev–Trinajstić information content (AvgIpc) is 3.27. The van der Waals surface area contributed by atoms with Crippen molar-refractivity contribution in [3.8, 4) is 6.07 Å². The van der Waals surface area contributed by atoms with Gasteiger partial charge in [0.05, 0.1) is 12.2 Å². The Morgan fingerprint density at radius 2 is 1.89 bits per heavy atom. The van der Waals surface area contributed by atoms with E-state index in [4.69, 9.17) is 4.98 Å². The largest absolute Gasteiger partial charge is 0.465 e. The van der Waals surface area contributed by atoms with Crippen LogP contribution in [0, 0.1) is 11.3 Å². The van der Waals surface area contributed by atoms with Crippen molar-refractivity contribution in [3.63, 3.8) is 0 Å². The molecule has 38 heavy (non-hydrogen) atoms. The Balaban J connectivity index is 1.29. The van der Waals surface area contributed by atoms with Crippen LogP contribution in [0.2, 0.25) is 0 Å². The molecule has 0 spiro atoms. The van der Waals surface area contributed by atoms with Crippen LogP contribution in [0.4, 0.5) is 26.9 Å². The van der Waals surface area contributed by atoms with E-state index in [9.17, 15) is 20.0 Å². The molecule has 0 bridgehead atoms. The molecule has 2 aromatic rings. The molecule has 0 aliphatic carbocycles. The van der Waals surface area contributed by atoms with Gasteiger partial charge in [0, 0.05) is 52.0 Å². The minimum Gasteiger partial charge on any atom is -0.465 e. The first-order valence-corrected chi connectivity index (χ1v) is 13.2. The topological polar surface area (TPSA) is 129 Å². The third kappa shape index (κ3) is 5.03. The molecule has 5 rings (SSSR count). The first-order chi connectivity index (χ1) is 18.3. The molecule has 4 heterocycles. The SMILES string of the molecule is CN1CCN([C@@H]2CCCN(c3cnc(C#N)c(Nc4ccc(C5(C)CCN(C(=O)O)CC5)cc4)n3)C2)C1=O. The number of rotatable bonds is 5. The zero-order valence-electron chi connectivity index (χ0n) is 21.9. The number of carbonyl (C=O) groups excluding carboxylic acids is 1. The van der Waals surface area contributed by atoms with Crippen molar-refractivity contribution in [1.29, 1.82) is 5.26 Å². The normalized spacial score (nSPS) is 21.4. The second-order valence-electron chi connectivity index (χ2n) is 10.7. The molecule has 0 unspecified atom stereocenters. The van der Waals surface area contributed by atoms with Gasteiger partial charge in [0.1, 0.15) is 11.9 Å². The second-order valence-corrected chi connectivity index (χ2v) is 10.7. The fourth-order valence-electron chi connectivity index (χ4n) is 5.70. The Hall–Kier alpha value is -4.07. The van der Waals surface area contributed by atoms with Gasteiger partial charge in [-0.05, 0) is 48.8 Å². The minimum atomic E-state index is -0.861. The van der Waals surface area contributed by atoms with E-state index in [0.717, 1.165) is 56.6 Å². The number of nitrogens with one attached hydrogen (secondary N) is 1. The second kappa shape index (κ2) is 10.4. The van der Waals surface area contributed by atoms with Crippen LogP contribution in [0.3, 0.4) is 0 Å². The number of amides is 3. The quantitative estimate of drug-likeness (QED) is 0.616. The lowest BCUT2D eigenvalue weighted by atomic mass is 9.74. The summed E-state index contributed by atoms with van der Waals surface area (Å²) in [5.74, 6) is 1.09. The Bertz CT molecular complexity index is 1240. The van der Waals surface area contributed by atoms with Gasteiger partial charge in [-0.25, -0.2) is 19.6 Å². The lowest BCUT2D eigenvalue weighted by Gasteiger charge is -2.38. The molecule has 2 N–H and O–H groups in total. The predicted octanol–water partition coefficient (Wildman–Crippen LogP) is 3.46. The van der Waals surface area contributed by atoms with Gasteiger partial charge in [-0.3, -0.25) is 0 Å². The van der Waals surface area contributed by atoms with Crippen molar-refractivity contribution < 1.29 is 14.7 Å². The van der Waals surface area contributed by atoms with E-state index in [1.165, 1.54) is 4.90 Å². The summed E-state index contributed by atoms with van der Waals surface area (Å²) in [6.45, 7) is 6.23. The van der Waals surface area contributed by atoms with Crippen molar-refractivity contribution >= 4 is 29.4 Å². The molecule has 3 aliphatic heterocycles. The van der Waals surface area contributed by atoms with Crippen molar-refractivity contribution in [2.24, 2.45) is 0 Å². The van der Waals surface area contributed by atoms with E-state index in [2.05, 4.69) is 40.3 Å². The number of likely N-dealkylation sites (tertiary alicyclic amines) is 1. The Kier molecular flexibility index (Phi) is 6.97. The van der Waals surface area contributed by atoms with Gasteiger partial charge in [-0.2, -0.15) is 5.26 Å². The summed E-state index contributed by atoms with van der Waals surface area (Å²) < 4.78 is 0. The van der Waals surface area contributed by atoms with E-state index in [1.54, 1.807) is 11.1 Å². The van der Waals surface area contributed by atoms with Crippen LogP contribution in [0.5, 0.6) is 0 Å². The molecule has 3 fully saturated rings. The van der Waals surface area contributed by atoms with Crippen molar-refractivity contribution in [3.05, 3.63) is 41.7 Å². The summed E-state index contributed by atoms with van der Waals surface area (Å²) in [5, 5.41) is 22.2. The van der Waals surface area contributed by atoms with Crippen molar-refractivity contribution in [2.45, 2.75) is 44.1 Å². The fraction of sp³-hybridized carbons (Fsp3) is 0.519. The van der Waals surface area contributed by atoms with E-state index in [0.29, 0.717) is 31.3 Å². The summed E-state index contributed by atoms with van der Waals surface area (Å²) in [6, 6.07) is 10.4. The summed E-state index contributed by atoms with van der Waals surface area (Å²) in [4.78, 5) is 40.2. The Morgan fingerprint density at radius 3 is 2.53 bits per heavy atom. The van der Waals surface area contributed by atoms with Gasteiger partial charge in [0.25, 0.3) is 0 Å². The van der Waals surface area contributed by atoms with Crippen LogP contribution in [0.15, 0.2) is 30.5 Å². The molecule has 1 aromatic carbocycles. The molecule has 3 aliphatic rings. The van der Waals surface area contributed by atoms with E-state index < -0.39 is 6.09 Å². The fourth-order valence-corrected chi connectivity index (χ4v) is 5.70. The number of anilines is 3. The molecule has 11 heteroatoms. The monoisotopic (exact) mass is 518 g/mol. The Labute approximate surface area is 222 Å². The molecule has 0 radical (unpaired) electrons. The number of hydrogen-bond acceptors (Lipinski definition) is 7. The molecule has 11 nitrogen and oxygen atoms in total. The Morgan fingerprint density at radius 1 is 1.16 bits per heavy atom. The zero-order chi connectivity index (χ0) is 26.9. The van der Waals surface area contributed by atoms with Gasteiger partial charge >= 0.3 is 12.1 Å². The maximum Gasteiger partial charge on any atom is 0.407 e. The molecule has 3 saturated heterocycles. The summed E-state index contributed by atoms with van der Waals surface area (Å²) >= 11 is 0. The third-order valence-electron chi connectivity index (χ3n) is 8.26. The summed E-state index contributed by atoms with van der Waals surface area (Å²) in [6.07, 6.45) is 4.23. The van der Waals surface area contributed by atoms with E-state index in [-0.39, 0.29) is 23.2 Å². The van der Waals surface area contributed by atoms with Crippen LogP contribution in [0.25, 0.3) is 0 Å². The van der Waals surface area contributed by atoms with Gasteiger partial charge in [0.15, 0.2) is 11.5 Å². The summed E-state index contributed by atoms with van der Waals surface area (Å²) in [7, 11) is 1.84. The number of carboxylic acid groups (broad SMARTS) is 1. The smallest absolute Gasteiger partial charge is 0.407 e. The van der Waals surface area contributed by atoms with Gasteiger partial charge in [-0.15, -0.1) is 0 Å². The highest BCUT2D eigenvalue weighted by molar-refractivity contribution is 5.76. The van der Waals surface area contributed by atoms with Crippen molar-refractivity contribution in [1.82, 2.24) is 24.7 Å². The third-order valence-corrected chi connectivity index (χ3v) is 8.26. The predicted molar refractivity (Wildman–Crippen MR) is 143 cm³/mol. The number of hydrogen-bond donors (Lipinski definition) is 2. The molecule has 0 saturated carbocycles. The molecule has 200 valence electrons. The number of benzene rings is 1. The number of carbonyl (C=O) groups is 2. The summed E-state index contributed by atoms with van der Waals surface area (Å²) in [5.41, 5.74) is 2.09. The highest BCUT2D eigenvalue weighted by Crippen LogP contribution is 2.36. The van der Waals surface area contributed by atoms with Crippen molar-refractivity contribution in [2.75, 3.05) is 56.5 Å². The number of piperidine rings is 2. The van der Waals surface area contributed by atoms with E-state index >= 15 is 0 Å². The highest BCUT2D eigenvalue weighted by atomic mass is 16.4. The average molecular weight is 519 g/mol. The van der Waals surface area contributed by atoms with Crippen LogP contribution in [-0.2, 0) is 5.41 Å².